The Morgan fingerprint density at radius 2 is 1.90 bits per heavy atom. The molecule has 0 aliphatic carbocycles. The number of nitrogens with one attached hydrogen (secondary N) is 1. The second kappa shape index (κ2) is 8.63. The molecular weight excluding hydrogens is 262 g/mol. The van der Waals surface area contributed by atoms with E-state index in [0.29, 0.717) is 17.9 Å². The van der Waals surface area contributed by atoms with E-state index in [9.17, 15) is 9.90 Å². The highest BCUT2D eigenvalue weighted by molar-refractivity contribution is 5.94. The number of carbonyl (C=O) groups is 1. The highest BCUT2D eigenvalue weighted by Crippen LogP contribution is 2.19. The van der Waals surface area contributed by atoms with Gasteiger partial charge >= 0.3 is 0 Å². The Labute approximate surface area is 128 Å². The molecule has 21 heavy (non-hydrogen) atoms. The predicted molar refractivity (Wildman–Crippen MR) is 87.1 cm³/mol. The topological polar surface area (TPSA) is 49.3 Å². The molecule has 1 rings (SSSR count). The fraction of sp³-hybridized carbons (Fsp3) is 0.500. The molecule has 1 aromatic rings. The lowest BCUT2D eigenvalue weighted by atomic mass is 9.88. The van der Waals surface area contributed by atoms with Crippen molar-refractivity contribution >= 4 is 5.91 Å². The molecule has 0 saturated carbocycles. The van der Waals surface area contributed by atoms with Crippen molar-refractivity contribution in [1.82, 2.24) is 5.32 Å². The van der Waals surface area contributed by atoms with Crippen molar-refractivity contribution in [3.8, 4) is 0 Å². The van der Waals surface area contributed by atoms with E-state index in [4.69, 9.17) is 0 Å². The highest BCUT2D eigenvalue weighted by atomic mass is 16.3. The molecule has 0 aliphatic rings. The van der Waals surface area contributed by atoms with E-state index in [1.54, 1.807) is 18.2 Å². The highest BCUT2D eigenvalue weighted by Gasteiger charge is 2.25. The average molecular weight is 289 g/mol. The van der Waals surface area contributed by atoms with Gasteiger partial charge in [0.15, 0.2) is 0 Å². The number of benzene rings is 1. The molecule has 0 spiro atoms. The van der Waals surface area contributed by atoms with Gasteiger partial charge in [-0.3, -0.25) is 4.79 Å². The fourth-order valence-electron chi connectivity index (χ4n) is 2.39. The minimum atomic E-state index is -0.425. The first-order valence-electron chi connectivity index (χ1n) is 7.60. The van der Waals surface area contributed by atoms with E-state index >= 15 is 0 Å². The largest absolute Gasteiger partial charge is 0.393 e. The first-order chi connectivity index (χ1) is 9.95. The van der Waals surface area contributed by atoms with E-state index in [0.717, 1.165) is 6.42 Å². The van der Waals surface area contributed by atoms with Crippen LogP contribution in [0.15, 0.2) is 43.0 Å². The van der Waals surface area contributed by atoms with Crippen LogP contribution in [0.1, 0.15) is 44.0 Å². The summed E-state index contributed by atoms with van der Waals surface area (Å²) in [5.74, 6) is 0.306. The quantitative estimate of drug-likeness (QED) is 0.721. The summed E-state index contributed by atoms with van der Waals surface area (Å²) < 4.78 is 0. The Hall–Kier alpha value is -1.61. The number of carbonyl (C=O) groups excluding carboxylic acids is 1. The molecule has 0 radical (unpaired) electrons. The van der Waals surface area contributed by atoms with Crippen LogP contribution in [0.2, 0.25) is 0 Å². The van der Waals surface area contributed by atoms with Crippen LogP contribution in [0.4, 0.5) is 0 Å². The van der Waals surface area contributed by atoms with Gasteiger partial charge in [0, 0.05) is 17.5 Å². The number of aliphatic hydroxyl groups is 1. The van der Waals surface area contributed by atoms with Crippen molar-refractivity contribution in [3.63, 3.8) is 0 Å². The van der Waals surface area contributed by atoms with Crippen molar-refractivity contribution in [1.29, 1.82) is 0 Å². The molecular formula is C18H27NO2. The van der Waals surface area contributed by atoms with Gasteiger partial charge in [-0.05, 0) is 30.9 Å². The first-order valence-corrected chi connectivity index (χ1v) is 7.60. The lowest BCUT2D eigenvalue weighted by Crippen LogP contribution is -2.43. The fourth-order valence-corrected chi connectivity index (χ4v) is 2.39. The minimum Gasteiger partial charge on any atom is -0.393 e. The van der Waals surface area contributed by atoms with E-state index < -0.39 is 6.10 Å². The third-order valence-electron chi connectivity index (χ3n) is 3.73. The Morgan fingerprint density at radius 3 is 2.43 bits per heavy atom. The molecule has 1 aromatic carbocycles. The van der Waals surface area contributed by atoms with Crippen molar-refractivity contribution in [2.24, 2.45) is 11.8 Å². The Bertz CT molecular complexity index is 442. The van der Waals surface area contributed by atoms with Gasteiger partial charge in [0.1, 0.15) is 0 Å². The summed E-state index contributed by atoms with van der Waals surface area (Å²) in [5, 5.41) is 13.3. The Morgan fingerprint density at radius 1 is 1.29 bits per heavy atom. The Balaban J connectivity index is 2.72. The molecule has 116 valence electrons. The molecule has 3 heteroatoms. The normalized spacial score (nSPS) is 15.3. The molecule has 0 aromatic heterocycles. The lowest BCUT2D eigenvalue weighted by Gasteiger charge is -2.29. The van der Waals surface area contributed by atoms with Gasteiger partial charge in [-0.25, -0.2) is 0 Å². The maximum Gasteiger partial charge on any atom is 0.251 e. The van der Waals surface area contributed by atoms with E-state index in [2.05, 4.69) is 25.7 Å². The molecule has 0 saturated heterocycles. The summed E-state index contributed by atoms with van der Waals surface area (Å²) in [7, 11) is 0. The summed E-state index contributed by atoms with van der Waals surface area (Å²) >= 11 is 0. The molecule has 0 unspecified atom stereocenters. The average Bonchev–Trinajstić information content (AvgIpc) is 2.46. The maximum absolute atomic E-state index is 12.3. The second-order valence-electron chi connectivity index (χ2n) is 6.03. The van der Waals surface area contributed by atoms with Crippen LogP contribution in [-0.4, -0.2) is 23.2 Å². The van der Waals surface area contributed by atoms with Gasteiger partial charge in [0.2, 0.25) is 0 Å². The predicted octanol–water partition coefficient (Wildman–Crippen LogP) is 3.40. The third kappa shape index (κ3) is 5.72. The summed E-state index contributed by atoms with van der Waals surface area (Å²) in [6.07, 6.45) is 2.74. The van der Waals surface area contributed by atoms with Crippen molar-refractivity contribution in [3.05, 3.63) is 48.6 Å². The number of aliphatic hydroxyl groups excluding tert-OH is 1. The summed E-state index contributed by atoms with van der Waals surface area (Å²) in [6, 6.07) is 9.03. The SMILES string of the molecule is C=CC[C@H](NC(=O)c1ccccc1)[C@@H](C)[C@@H](O)CC(C)C. The second-order valence-corrected chi connectivity index (χ2v) is 6.03. The van der Waals surface area contributed by atoms with Gasteiger partial charge in [0.25, 0.3) is 5.91 Å². The van der Waals surface area contributed by atoms with Gasteiger partial charge in [-0.1, -0.05) is 45.0 Å². The number of rotatable bonds is 8. The molecule has 1 amide bonds. The maximum atomic E-state index is 12.3. The number of hydrogen-bond acceptors (Lipinski definition) is 2. The molecule has 0 fully saturated rings. The van der Waals surface area contributed by atoms with Gasteiger partial charge in [-0.2, -0.15) is 0 Å². The van der Waals surface area contributed by atoms with E-state index in [-0.39, 0.29) is 17.9 Å². The van der Waals surface area contributed by atoms with Gasteiger partial charge in [0.05, 0.1) is 6.10 Å². The van der Waals surface area contributed by atoms with Crippen LogP contribution in [0.3, 0.4) is 0 Å². The molecule has 3 nitrogen and oxygen atoms in total. The molecule has 0 bridgehead atoms. The first kappa shape index (κ1) is 17.4. The zero-order chi connectivity index (χ0) is 15.8. The van der Waals surface area contributed by atoms with Crippen LogP contribution < -0.4 is 5.32 Å². The zero-order valence-electron chi connectivity index (χ0n) is 13.3. The minimum absolute atomic E-state index is 0.0157. The van der Waals surface area contributed by atoms with Crippen molar-refractivity contribution < 1.29 is 9.90 Å². The van der Waals surface area contributed by atoms with Crippen LogP contribution >= 0.6 is 0 Å². The van der Waals surface area contributed by atoms with Crippen molar-refractivity contribution in [2.45, 2.75) is 45.8 Å². The third-order valence-corrected chi connectivity index (χ3v) is 3.73. The van der Waals surface area contributed by atoms with Gasteiger partial charge < -0.3 is 10.4 Å². The lowest BCUT2D eigenvalue weighted by molar-refractivity contribution is 0.0682. The summed E-state index contributed by atoms with van der Waals surface area (Å²) in [5.41, 5.74) is 0.636. The Kier molecular flexibility index (Phi) is 7.17. The standard InChI is InChI=1S/C18H27NO2/c1-5-9-16(14(4)17(20)12-13(2)3)19-18(21)15-10-7-6-8-11-15/h5-8,10-11,13-14,16-17,20H,1,9,12H2,2-4H3,(H,19,21)/t14-,16+,17+/m1/s1. The van der Waals surface area contributed by atoms with Crippen LogP contribution in [0.5, 0.6) is 0 Å². The number of amides is 1. The molecule has 0 aliphatic heterocycles. The van der Waals surface area contributed by atoms with Crippen LogP contribution in [0.25, 0.3) is 0 Å². The molecule has 3 atom stereocenters. The van der Waals surface area contributed by atoms with Crippen molar-refractivity contribution in [2.75, 3.05) is 0 Å². The van der Waals surface area contributed by atoms with E-state index in [1.807, 2.05) is 25.1 Å². The van der Waals surface area contributed by atoms with Crippen LogP contribution in [0, 0.1) is 11.8 Å². The zero-order valence-corrected chi connectivity index (χ0v) is 13.3. The van der Waals surface area contributed by atoms with Crippen LogP contribution in [-0.2, 0) is 0 Å². The number of hydrogen-bond donors (Lipinski definition) is 2. The smallest absolute Gasteiger partial charge is 0.251 e. The van der Waals surface area contributed by atoms with Gasteiger partial charge in [-0.15, -0.1) is 6.58 Å². The van der Waals surface area contributed by atoms with E-state index in [1.165, 1.54) is 0 Å². The molecule has 0 heterocycles. The molecule has 2 N–H and O–H groups in total. The monoisotopic (exact) mass is 289 g/mol. The summed E-state index contributed by atoms with van der Waals surface area (Å²) in [4.78, 5) is 12.3. The summed E-state index contributed by atoms with van der Waals surface area (Å²) in [6.45, 7) is 9.90.